The smallest absolute Gasteiger partial charge is 0.275 e. The lowest BCUT2D eigenvalue weighted by atomic mass is 10.1. The molecule has 7 heteroatoms. The van der Waals surface area contributed by atoms with Crippen molar-refractivity contribution in [3.63, 3.8) is 0 Å². The van der Waals surface area contributed by atoms with Crippen LogP contribution in [-0.2, 0) is 4.79 Å². The van der Waals surface area contributed by atoms with Gasteiger partial charge in [0.05, 0.1) is 11.4 Å². The maximum absolute atomic E-state index is 12.9. The highest BCUT2D eigenvalue weighted by Gasteiger charge is 2.30. The molecule has 1 aliphatic rings. The topological polar surface area (TPSA) is 81.3 Å². The van der Waals surface area contributed by atoms with E-state index in [2.05, 4.69) is 20.4 Å². The van der Waals surface area contributed by atoms with Crippen LogP contribution in [0, 0.1) is 5.92 Å². The molecule has 1 aromatic heterocycles. The molecule has 0 unspecified atom stereocenters. The molecule has 2 N–H and O–H groups in total. The Hall–Kier alpha value is -2.41. The maximum Gasteiger partial charge on any atom is 0.275 e. The molecule has 1 saturated heterocycles. The predicted molar refractivity (Wildman–Crippen MR) is 87.1 cm³/mol. The predicted octanol–water partition coefficient (Wildman–Crippen LogP) is 0.313. The molecule has 1 aliphatic heterocycles. The van der Waals surface area contributed by atoms with Gasteiger partial charge in [0.25, 0.3) is 5.91 Å². The van der Waals surface area contributed by atoms with E-state index < -0.39 is 0 Å². The highest BCUT2D eigenvalue weighted by atomic mass is 16.2. The van der Waals surface area contributed by atoms with Crippen molar-refractivity contribution in [3.05, 3.63) is 30.0 Å². The third-order valence-corrected chi connectivity index (χ3v) is 4.30. The van der Waals surface area contributed by atoms with Crippen LogP contribution in [-0.4, -0.2) is 72.1 Å². The Balaban J connectivity index is 1.87. The quantitative estimate of drug-likeness (QED) is 0.836. The Labute approximate surface area is 134 Å². The number of H-pyrrole nitrogens is 1. The lowest BCUT2D eigenvalue weighted by Crippen LogP contribution is -2.41. The minimum atomic E-state index is -0.235. The zero-order valence-corrected chi connectivity index (χ0v) is 13.4. The van der Waals surface area contributed by atoms with Gasteiger partial charge in [-0.3, -0.25) is 14.7 Å². The number of likely N-dealkylation sites (N-methyl/N-ethyl adjacent to an activating group) is 1. The Morgan fingerprint density at radius 1 is 1.26 bits per heavy atom. The molecule has 2 amide bonds. The van der Waals surface area contributed by atoms with Crippen molar-refractivity contribution in [2.75, 3.05) is 40.3 Å². The zero-order chi connectivity index (χ0) is 16.4. The number of fused-ring (bicyclic) bond motifs is 1. The largest absolute Gasteiger partial charge is 0.359 e. The Bertz CT molecular complexity index is 726. The van der Waals surface area contributed by atoms with Crippen LogP contribution in [0.1, 0.15) is 10.5 Å². The third-order valence-electron chi connectivity index (χ3n) is 4.30. The molecule has 7 nitrogen and oxygen atoms in total. The first-order chi connectivity index (χ1) is 11.1. The van der Waals surface area contributed by atoms with Gasteiger partial charge in [0.1, 0.15) is 0 Å². The average molecular weight is 315 g/mol. The number of nitrogens with one attached hydrogen (secondary N) is 2. The summed E-state index contributed by atoms with van der Waals surface area (Å²) in [5.74, 6) is -0.406. The molecule has 0 aliphatic carbocycles. The fraction of sp³-hybridized carbons (Fsp3) is 0.438. The fourth-order valence-electron chi connectivity index (χ4n) is 3.00. The van der Waals surface area contributed by atoms with Crippen molar-refractivity contribution < 1.29 is 9.59 Å². The van der Waals surface area contributed by atoms with Crippen LogP contribution < -0.4 is 5.32 Å². The SMILES string of the molecule is CNC(=O)[C@H]1CN(C)CCN(C(=O)c2n[nH]c3ccccc23)C1. The summed E-state index contributed by atoms with van der Waals surface area (Å²) in [4.78, 5) is 28.7. The van der Waals surface area contributed by atoms with Crippen LogP contribution in [0.5, 0.6) is 0 Å². The summed E-state index contributed by atoms with van der Waals surface area (Å²) in [5, 5.41) is 10.6. The lowest BCUT2D eigenvalue weighted by molar-refractivity contribution is -0.125. The molecule has 23 heavy (non-hydrogen) atoms. The molecule has 3 rings (SSSR count). The minimum Gasteiger partial charge on any atom is -0.359 e. The molecule has 0 spiro atoms. The van der Waals surface area contributed by atoms with Crippen molar-refractivity contribution in [2.24, 2.45) is 5.92 Å². The molecule has 0 radical (unpaired) electrons. The van der Waals surface area contributed by atoms with Crippen LogP contribution in [0.3, 0.4) is 0 Å². The van der Waals surface area contributed by atoms with Gasteiger partial charge in [0, 0.05) is 38.6 Å². The highest BCUT2D eigenvalue weighted by Crippen LogP contribution is 2.18. The summed E-state index contributed by atoms with van der Waals surface area (Å²) in [6.07, 6.45) is 0. The first-order valence-electron chi connectivity index (χ1n) is 7.72. The number of benzene rings is 1. The number of carbonyl (C=O) groups excluding carboxylic acids is 2. The molecule has 1 fully saturated rings. The van der Waals surface area contributed by atoms with Crippen molar-refractivity contribution in [1.82, 2.24) is 25.3 Å². The number of rotatable bonds is 2. The molecule has 122 valence electrons. The van der Waals surface area contributed by atoms with Gasteiger partial charge in [-0.15, -0.1) is 0 Å². The fourth-order valence-corrected chi connectivity index (χ4v) is 3.00. The molecule has 1 atom stereocenters. The number of hydrogen-bond acceptors (Lipinski definition) is 4. The Morgan fingerprint density at radius 2 is 2.04 bits per heavy atom. The van der Waals surface area contributed by atoms with Crippen molar-refractivity contribution >= 4 is 22.7 Å². The van der Waals surface area contributed by atoms with Gasteiger partial charge in [-0.25, -0.2) is 0 Å². The van der Waals surface area contributed by atoms with E-state index in [-0.39, 0.29) is 17.7 Å². The molecule has 0 bridgehead atoms. The zero-order valence-electron chi connectivity index (χ0n) is 13.4. The van der Waals surface area contributed by atoms with Crippen LogP contribution >= 0.6 is 0 Å². The van der Waals surface area contributed by atoms with Gasteiger partial charge in [-0.2, -0.15) is 5.10 Å². The van der Waals surface area contributed by atoms with Gasteiger partial charge in [-0.1, -0.05) is 18.2 Å². The number of nitrogens with zero attached hydrogens (tertiary/aromatic N) is 3. The van der Waals surface area contributed by atoms with E-state index in [0.717, 1.165) is 17.4 Å². The van der Waals surface area contributed by atoms with Gasteiger partial charge in [-0.05, 0) is 13.1 Å². The second-order valence-corrected chi connectivity index (χ2v) is 5.94. The molecule has 2 aromatic rings. The second kappa shape index (κ2) is 6.37. The second-order valence-electron chi connectivity index (χ2n) is 5.94. The molecule has 2 heterocycles. The van der Waals surface area contributed by atoms with E-state index in [1.165, 1.54) is 0 Å². The monoisotopic (exact) mass is 315 g/mol. The van der Waals surface area contributed by atoms with E-state index in [1.54, 1.807) is 11.9 Å². The summed E-state index contributed by atoms with van der Waals surface area (Å²) >= 11 is 0. The van der Waals surface area contributed by atoms with Gasteiger partial charge >= 0.3 is 0 Å². The molecular weight excluding hydrogens is 294 g/mol. The molecular formula is C16H21N5O2. The number of aromatic amines is 1. The van der Waals surface area contributed by atoms with E-state index >= 15 is 0 Å². The van der Waals surface area contributed by atoms with Gasteiger partial charge in [0.2, 0.25) is 5.91 Å². The Kier molecular flexibility index (Phi) is 4.29. The summed E-state index contributed by atoms with van der Waals surface area (Å²) in [6.45, 7) is 2.38. The van der Waals surface area contributed by atoms with Crippen molar-refractivity contribution in [1.29, 1.82) is 0 Å². The first-order valence-corrected chi connectivity index (χ1v) is 7.72. The van der Waals surface area contributed by atoms with E-state index in [4.69, 9.17) is 0 Å². The number of hydrogen-bond donors (Lipinski definition) is 2. The standard InChI is InChI=1S/C16H21N5O2/c1-17-15(22)11-9-20(2)7-8-21(10-11)16(23)14-12-5-3-4-6-13(12)18-19-14/h3-6,11H,7-10H2,1-2H3,(H,17,22)(H,18,19)/t11-/m0/s1. The summed E-state index contributed by atoms with van der Waals surface area (Å²) in [6, 6.07) is 7.56. The van der Waals surface area contributed by atoms with Crippen molar-refractivity contribution in [3.8, 4) is 0 Å². The van der Waals surface area contributed by atoms with E-state index in [0.29, 0.717) is 25.3 Å². The summed E-state index contributed by atoms with van der Waals surface area (Å²) in [5.41, 5.74) is 1.26. The first kappa shape index (κ1) is 15.5. The Morgan fingerprint density at radius 3 is 2.83 bits per heavy atom. The highest BCUT2D eigenvalue weighted by molar-refractivity contribution is 6.04. The summed E-state index contributed by atoms with van der Waals surface area (Å²) in [7, 11) is 3.59. The third kappa shape index (κ3) is 3.05. The lowest BCUT2D eigenvalue weighted by Gasteiger charge is -2.22. The van der Waals surface area contributed by atoms with Crippen LogP contribution in [0.2, 0.25) is 0 Å². The number of carbonyl (C=O) groups is 2. The minimum absolute atomic E-state index is 0.0385. The molecule has 1 aromatic carbocycles. The maximum atomic E-state index is 12.9. The van der Waals surface area contributed by atoms with Crippen LogP contribution in [0.15, 0.2) is 24.3 Å². The van der Waals surface area contributed by atoms with E-state index in [1.807, 2.05) is 31.3 Å². The van der Waals surface area contributed by atoms with Crippen LogP contribution in [0.4, 0.5) is 0 Å². The number of para-hydroxylation sites is 1. The van der Waals surface area contributed by atoms with Gasteiger partial charge in [0.15, 0.2) is 5.69 Å². The average Bonchev–Trinajstić information content (AvgIpc) is 2.90. The summed E-state index contributed by atoms with van der Waals surface area (Å²) < 4.78 is 0. The number of aromatic nitrogens is 2. The van der Waals surface area contributed by atoms with E-state index in [9.17, 15) is 9.59 Å². The van der Waals surface area contributed by atoms with Crippen LogP contribution in [0.25, 0.3) is 10.9 Å². The normalized spacial score (nSPS) is 19.6. The number of amides is 2. The van der Waals surface area contributed by atoms with Gasteiger partial charge < -0.3 is 15.1 Å². The van der Waals surface area contributed by atoms with Crippen molar-refractivity contribution in [2.45, 2.75) is 0 Å². The molecule has 0 saturated carbocycles.